The highest BCUT2D eigenvalue weighted by atomic mass is 19.1. The van der Waals surface area contributed by atoms with Gasteiger partial charge in [-0.05, 0) is 56.0 Å². The summed E-state index contributed by atoms with van der Waals surface area (Å²) in [5.41, 5.74) is 1.95. The zero-order chi connectivity index (χ0) is 15.0. The maximum Gasteiger partial charge on any atom is 0.307 e. The molecule has 114 valence electrons. The number of rotatable bonds is 2. The molecule has 0 radical (unpaired) electrons. The Labute approximate surface area is 123 Å². The Kier molecular flexibility index (Phi) is 3.71. The van der Waals surface area contributed by atoms with Gasteiger partial charge in [0.1, 0.15) is 5.82 Å². The third-order valence-electron chi connectivity index (χ3n) is 4.91. The average Bonchev–Trinajstić information content (AvgIpc) is 2.82. The van der Waals surface area contributed by atoms with Crippen molar-refractivity contribution in [2.45, 2.75) is 37.8 Å². The number of carbonyl (C=O) groups is 1. The highest BCUT2D eigenvalue weighted by Gasteiger charge is 2.44. The Hall–Kier alpha value is -1.46. The van der Waals surface area contributed by atoms with Crippen molar-refractivity contribution >= 4 is 5.97 Å². The largest absolute Gasteiger partial charge is 0.481 e. The third-order valence-corrected chi connectivity index (χ3v) is 4.91. The van der Waals surface area contributed by atoms with Gasteiger partial charge in [-0.15, -0.1) is 0 Å². The fraction of sp³-hybridized carbons (Fsp3) is 0.562. The average molecular weight is 292 g/mol. The second-order valence-electron chi connectivity index (χ2n) is 6.36. The molecule has 2 aliphatic rings. The number of hydrogen-bond acceptors (Lipinski definition) is 3. The molecule has 0 bridgehead atoms. The summed E-state index contributed by atoms with van der Waals surface area (Å²) in [6, 6.07) is 5.04. The molecule has 0 aromatic heterocycles. The number of nitrogens with one attached hydrogen (secondary N) is 2. The second kappa shape index (κ2) is 5.39. The van der Waals surface area contributed by atoms with Crippen molar-refractivity contribution in [3.05, 3.63) is 35.1 Å². The lowest BCUT2D eigenvalue weighted by molar-refractivity contribution is -0.141. The monoisotopic (exact) mass is 292 g/mol. The smallest absolute Gasteiger partial charge is 0.307 e. The molecule has 1 unspecified atom stereocenters. The molecule has 2 aliphatic heterocycles. The van der Waals surface area contributed by atoms with E-state index in [0.717, 1.165) is 30.5 Å². The predicted octanol–water partition coefficient (Wildman–Crippen LogP) is 1.99. The van der Waals surface area contributed by atoms with Crippen LogP contribution in [0.4, 0.5) is 4.39 Å². The molecule has 1 spiro atoms. The minimum Gasteiger partial charge on any atom is -0.481 e. The van der Waals surface area contributed by atoms with Crippen molar-refractivity contribution in [3.8, 4) is 0 Å². The van der Waals surface area contributed by atoms with E-state index in [1.165, 1.54) is 6.07 Å². The van der Waals surface area contributed by atoms with Crippen LogP contribution in [0.1, 0.15) is 36.4 Å². The zero-order valence-corrected chi connectivity index (χ0v) is 12.2. The molecule has 3 atom stereocenters. The minimum absolute atomic E-state index is 0.0974. The van der Waals surface area contributed by atoms with Gasteiger partial charge >= 0.3 is 5.97 Å². The highest BCUT2D eigenvalue weighted by molar-refractivity contribution is 5.71. The van der Waals surface area contributed by atoms with Crippen LogP contribution in [0.2, 0.25) is 0 Å². The Morgan fingerprint density at radius 3 is 2.90 bits per heavy atom. The molecule has 5 heteroatoms. The van der Waals surface area contributed by atoms with Crippen molar-refractivity contribution in [2.75, 3.05) is 13.1 Å². The Morgan fingerprint density at radius 1 is 1.43 bits per heavy atom. The number of piperidine rings is 1. The zero-order valence-electron chi connectivity index (χ0n) is 12.2. The molecule has 4 nitrogen and oxygen atoms in total. The van der Waals surface area contributed by atoms with E-state index in [-0.39, 0.29) is 23.3 Å². The van der Waals surface area contributed by atoms with E-state index in [1.807, 2.05) is 13.0 Å². The molecule has 2 fully saturated rings. The van der Waals surface area contributed by atoms with Gasteiger partial charge < -0.3 is 15.7 Å². The molecule has 3 N–H and O–H groups in total. The van der Waals surface area contributed by atoms with E-state index in [9.17, 15) is 14.3 Å². The second-order valence-corrected chi connectivity index (χ2v) is 6.36. The van der Waals surface area contributed by atoms with Gasteiger partial charge in [-0.25, -0.2) is 4.39 Å². The SMILES string of the molecule is Cc1cc(F)ccc1[C@H]1C[C@@]2(CCN1)CC(C(=O)O)CN2. The standard InChI is InChI=1S/C16H21FN2O2/c1-10-6-12(17)2-3-13(10)14-8-16(4-5-18-14)7-11(9-19-16)15(20)21/h2-3,6,11,14,18-19H,4-5,7-9H2,1H3,(H,20,21)/t11?,14-,16-/m1/s1. The maximum atomic E-state index is 13.3. The van der Waals surface area contributed by atoms with Crippen LogP contribution in [0.25, 0.3) is 0 Å². The van der Waals surface area contributed by atoms with Crippen LogP contribution in [-0.4, -0.2) is 29.7 Å². The van der Waals surface area contributed by atoms with Crippen LogP contribution in [0.15, 0.2) is 18.2 Å². The maximum absolute atomic E-state index is 13.3. The molecule has 0 amide bonds. The molecule has 2 heterocycles. The summed E-state index contributed by atoms with van der Waals surface area (Å²) >= 11 is 0. The number of hydrogen-bond donors (Lipinski definition) is 3. The van der Waals surface area contributed by atoms with Gasteiger partial charge in [0.25, 0.3) is 0 Å². The van der Waals surface area contributed by atoms with Crippen LogP contribution in [-0.2, 0) is 4.79 Å². The highest BCUT2D eigenvalue weighted by Crippen LogP contribution is 2.39. The van der Waals surface area contributed by atoms with E-state index in [2.05, 4.69) is 10.6 Å². The van der Waals surface area contributed by atoms with Crippen LogP contribution in [0.3, 0.4) is 0 Å². The summed E-state index contributed by atoms with van der Waals surface area (Å²) in [5.74, 6) is -1.22. The fourth-order valence-electron chi connectivity index (χ4n) is 3.78. The first-order chi connectivity index (χ1) is 9.99. The van der Waals surface area contributed by atoms with Gasteiger partial charge in [-0.2, -0.15) is 0 Å². The van der Waals surface area contributed by atoms with Gasteiger partial charge in [-0.3, -0.25) is 4.79 Å². The van der Waals surface area contributed by atoms with Crippen molar-refractivity contribution in [1.29, 1.82) is 0 Å². The quantitative estimate of drug-likeness (QED) is 0.780. The molecule has 3 rings (SSSR count). The lowest BCUT2D eigenvalue weighted by Crippen LogP contribution is -2.49. The molecule has 2 saturated heterocycles. The minimum atomic E-state index is -0.715. The summed E-state index contributed by atoms with van der Waals surface area (Å²) in [6.45, 7) is 3.31. The van der Waals surface area contributed by atoms with E-state index < -0.39 is 5.97 Å². The van der Waals surface area contributed by atoms with Crippen LogP contribution < -0.4 is 10.6 Å². The molecule has 1 aromatic rings. The van der Waals surface area contributed by atoms with Crippen LogP contribution in [0, 0.1) is 18.7 Å². The summed E-state index contributed by atoms with van der Waals surface area (Å²) in [7, 11) is 0. The van der Waals surface area contributed by atoms with Gasteiger partial charge in [0.2, 0.25) is 0 Å². The number of carboxylic acid groups (broad SMARTS) is 1. The van der Waals surface area contributed by atoms with Gasteiger partial charge in [0.05, 0.1) is 5.92 Å². The summed E-state index contributed by atoms with van der Waals surface area (Å²) < 4.78 is 13.3. The van der Waals surface area contributed by atoms with Gasteiger partial charge in [0, 0.05) is 18.1 Å². The summed E-state index contributed by atoms with van der Waals surface area (Å²) in [5, 5.41) is 16.1. The molecular weight excluding hydrogens is 271 g/mol. The van der Waals surface area contributed by atoms with Crippen LogP contribution >= 0.6 is 0 Å². The lowest BCUT2D eigenvalue weighted by atomic mass is 9.78. The Balaban J connectivity index is 1.79. The molecule has 1 aromatic carbocycles. The van der Waals surface area contributed by atoms with E-state index >= 15 is 0 Å². The molecular formula is C16H21FN2O2. The van der Waals surface area contributed by atoms with Crippen molar-refractivity contribution in [2.24, 2.45) is 5.92 Å². The van der Waals surface area contributed by atoms with E-state index in [0.29, 0.717) is 13.0 Å². The van der Waals surface area contributed by atoms with Crippen molar-refractivity contribution < 1.29 is 14.3 Å². The lowest BCUT2D eigenvalue weighted by Gasteiger charge is -2.40. The fourth-order valence-corrected chi connectivity index (χ4v) is 3.78. The van der Waals surface area contributed by atoms with Crippen molar-refractivity contribution in [1.82, 2.24) is 10.6 Å². The molecule has 21 heavy (non-hydrogen) atoms. The van der Waals surface area contributed by atoms with Crippen LogP contribution in [0.5, 0.6) is 0 Å². The third kappa shape index (κ3) is 2.80. The number of halogens is 1. The predicted molar refractivity (Wildman–Crippen MR) is 77.6 cm³/mol. The molecule has 0 aliphatic carbocycles. The first-order valence-corrected chi connectivity index (χ1v) is 7.46. The number of benzene rings is 1. The van der Waals surface area contributed by atoms with Gasteiger partial charge in [-0.1, -0.05) is 6.07 Å². The summed E-state index contributed by atoms with van der Waals surface area (Å²) in [4.78, 5) is 11.2. The van der Waals surface area contributed by atoms with E-state index in [1.54, 1.807) is 6.07 Å². The summed E-state index contributed by atoms with van der Waals surface area (Å²) in [6.07, 6.45) is 2.47. The van der Waals surface area contributed by atoms with Crippen molar-refractivity contribution in [3.63, 3.8) is 0 Å². The topological polar surface area (TPSA) is 61.4 Å². The first kappa shape index (κ1) is 14.5. The number of carboxylic acids is 1. The normalized spacial score (nSPS) is 32.5. The number of aliphatic carboxylic acids is 1. The van der Waals surface area contributed by atoms with E-state index in [4.69, 9.17) is 0 Å². The number of aryl methyl sites for hydroxylation is 1. The first-order valence-electron chi connectivity index (χ1n) is 7.46. The molecule has 0 saturated carbocycles. The van der Waals surface area contributed by atoms with Gasteiger partial charge in [0.15, 0.2) is 0 Å². The Bertz CT molecular complexity index is 563. The Morgan fingerprint density at radius 2 is 2.24 bits per heavy atom.